The molecule has 1 aromatic carbocycles. The molecule has 1 atom stereocenters. The van der Waals surface area contributed by atoms with Crippen molar-refractivity contribution in [1.29, 1.82) is 0 Å². The van der Waals surface area contributed by atoms with Gasteiger partial charge in [0.05, 0.1) is 29.6 Å². The van der Waals surface area contributed by atoms with Crippen LogP contribution in [-0.4, -0.2) is 25.8 Å². The third-order valence-corrected chi connectivity index (χ3v) is 2.91. The highest BCUT2D eigenvalue weighted by Gasteiger charge is 2.11. The van der Waals surface area contributed by atoms with E-state index in [1.54, 1.807) is 31.3 Å². The van der Waals surface area contributed by atoms with Gasteiger partial charge in [-0.05, 0) is 17.7 Å². The summed E-state index contributed by atoms with van der Waals surface area (Å²) in [6.45, 7) is 2.14. The SMILES string of the molecule is COC(=O)C(C)CN=Cc1ccc(Cl)c(Cl)c1. The van der Waals surface area contributed by atoms with Crippen molar-refractivity contribution >= 4 is 35.4 Å². The fourth-order valence-electron chi connectivity index (χ4n) is 1.18. The van der Waals surface area contributed by atoms with Gasteiger partial charge in [-0.15, -0.1) is 0 Å². The summed E-state index contributed by atoms with van der Waals surface area (Å²) in [4.78, 5) is 15.3. The molecule has 0 fully saturated rings. The molecular formula is C12H13Cl2NO2. The molecule has 5 heteroatoms. The highest BCUT2D eigenvalue weighted by Crippen LogP contribution is 2.21. The number of esters is 1. The lowest BCUT2D eigenvalue weighted by atomic mass is 10.2. The van der Waals surface area contributed by atoms with Gasteiger partial charge in [0.1, 0.15) is 0 Å². The molecule has 0 spiro atoms. The van der Waals surface area contributed by atoms with Gasteiger partial charge in [0.25, 0.3) is 0 Å². The number of aliphatic imine (C=N–C) groups is 1. The van der Waals surface area contributed by atoms with Crippen LogP contribution in [0.3, 0.4) is 0 Å². The van der Waals surface area contributed by atoms with Crippen molar-refractivity contribution in [2.75, 3.05) is 13.7 Å². The van der Waals surface area contributed by atoms with Crippen molar-refractivity contribution in [3.8, 4) is 0 Å². The Balaban J connectivity index is 2.59. The van der Waals surface area contributed by atoms with Gasteiger partial charge in [-0.2, -0.15) is 0 Å². The zero-order valence-corrected chi connectivity index (χ0v) is 11.1. The van der Waals surface area contributed by atoms with Gasteiger partial charge >= 0.3 is 5.97 Å². The average Bonchev–Trinajstić information content (AvgIpc) is 2.32. The van der Waals surface area contributed by atoms with E-state index < -0.39 is 0 Å². The van der Waals surface area contributed by atoms with E-state index in [0.29, 0.717) is 16.6 Å². The predicted octanol–water partition coefficient (Wildman–Crippen LogP) is 3.22. The molecule has 0 radical (unpaired) electrons. The standard InChI is InChI=1S/C12H13Cl2NO2/c1-8(12(16)17-2)6-15-7-9-3-4-10(13)11(14)5-9/h3-5,7-8H,6H2,1-2H3. The molecule has 3 nitrogen and oxygen atoms in total. The molecule has 0 saturated heterocycles. The van der Waals surface area contributed by atoms with Crippen molar-refractivity contribution in [3.05, 3.63) is 33.8 Å². The summed E-state index contributed by atoms with van der Waals surface area (Å²) in [6, 6.07) is 5.23. The van der Waals surface area contributed by atoms with Gasteiger partial charge in [-0.3, -0.25) is 9.79 Å². The topological polar surface area (TPSA) is 38.7 Å². The molecule has 0 saturated carbocycles. The van der Waals surface area contributed by atoms with Crippen molar-refractivity contribution < 1.29 is 9.53 Å². The van der Waals surface area contributed by atoms with Crippen LogP contribution in [0.25, 0.3) is 0 Å². The maximum Gasteiger partial charge on any atom is 0.310 e. The maximum absolute atomic E-state index is 11.1. The van der Waals surface area contributed by atoms with E-state index in [4.69, 9.17) is 23.2 Å². The van der Waals surface area contributed by atoms with Crippen LogP contribution >= 0.6 is 23.2 Å². The predicted molar refractivity (Wildman–Crippen MR) is 70.1 cm³/mol. The lowest BCUT2D eigenvalue weighted by Crippen LogP contribution is -2.15. The smallest absolute Gasteiger partial charge is 0.310 e. The largest absolute Gasteiger partial charge is 0.469 e. The minimum Gasteiger partial charge on any atom is -0.469 e. The average molecular weight is 274 g/mol. The van der Waals surface area contributed by atoms with E-state index in [9.17, 15) is 4.79 Å². The van der Waals surface area contributed by atoms with Crippen LogP contribution in [0.4, 0.5) is 0 Å². The number of carbonyl (C=O) groups is 1. The van der Waals surface area contributed by atoms with Gasteiger partial charge in [-0.25, -0.2) is 0 Å². The van der Waals surface area contributed by atoms with Crippen LogP contribution in [0.15, 0.2) is 23.2 Å². The molecule has 1 rings (SSSR count). The minimum atomic E-state index is -0.267. The molecule has 0 aliphatic carbocycles. The fourth-order valence-corrected chi connectivity index (χ4v) is 1.49. The van der Waals surface area contributed by atoms with Gasteiger partial charge < -0.3 is 4.74 Å². The van der Waals surface area contributed by atoms with Crippen LogP contribution < -0.4 is 0 Å². The molecule has 92 valence electrons. The Labute approximate surface area is 110 Å². The van der Waals surface area contributed by atoms with Crippen LogP contribution in [-0.2, 0) is 9.53 Å². The first-order chi connectivity index (χ1) is 8.04. The first-order valence-electron chi connectivity index (χ1n) is 5.07. The first-order valence-corrected chi connectivity index (χ1v) is 5.83. The van der Waals surface area contributed by atoms with Gasteiger partial charge in [-0.1, -0.05) is 36.2 Å². The Morgan fingerprint density at radius 2 is 2.18 bits per heavy atom. The summed E-state index contributed by atoms with van der Waals surface area (Å²) in [5, 5.41) is 0.989. The number of ether oxygens (including phenoxy) is 1. The van der Waals surface area contributed by atoms with E-state index in [1.165, 1.54) is 7.11 Å². The number of hydrogen-bond donors (Lipinski definition) is 0. The van der Waals surface area contributed by atoms with E-state index in [-0.39, 0.29) is 11.9 Å². The number of nitrogens with zero attached hydrogens (tertiary/aromatic N) is 1. The number of rotatable bonds is 4. The minimum absolute atomic E-state index is 0.251. The zero-order valence-electron chi connectivity index (χ0n) is 9.61. The molecule has 17 heavy (non-hydrogen) atoms. The Kier molecular flexibility index (Phi) is 5.45. The molecule has 0 N–H and O–H groups in total. The van der Waals surface area contributed by atoms with E-state index in [1.807, 2.05) is 0 Å². The molecule has 1 aromatic rings. The Morgan fingerprint density at radius 1 is 1.47 bits per heavy atom. The summed E-state index contributed by atoms with van der Waals surface area (Å²) in [5.41, 5.74) is 0.844. The van der Waals surface area contributed by atoms with Gasteiger partial charge in [0, 0.05) is 6.21 Å². The van der Waals surface area contributed by atoms with Crippen LogP contribution in [0.5, 0.6) is 0 Å². The van der Waals surface area contributed by atoms with Crippen LogP contribution in [0, 0.1) is 5.92 Å². The number of halogens is 2. The number of benzene rings is 1. The molecular weight excluding hydrogens is 261 g/mol. The first kappa shape index (κ1) is 14.0. The highest BCUT2D eigenvalue weighted by atomic mass is 35.5. The molecule has 0 amide bonds. The van der Waals surface area contributed by atoms with Crippen molar-refractivity contribution in [1.82, 2.24) is 0 Å². The third kappa shape index (κ3) is 4.36. The number of methoxy groups -OCH3 is 1. The zero-order chi connectivity index (χ0) is 12.8. The fraction of sp³-hybridized carbons (Fsp3) is 0.333. The summed E-state index contributed by atoms with van der Waals surface area (Å²) < 4.78 is 4.60. The van der Waals surface area contributed by atoms with E-state index in [2.05, 4.69) is 9.73 Å². The summed E-state index contributed by atoms with van der Waals surface area (Å²) in [7, 11) is 1.36. The second-order valence-corrected chi connectivity index (χ2v) is 4.41. The molecule has 0 bridgehead atoms. The lowest BCUT2D eigenvalue weighted by molar-refractivity contribution is -0.144. The second kappa shape index (κ2) is 6.62. The lowest BCUT2D eigenvalue weighted by Gasteiger charge is -2.04. The highest BCUT2D eigenvalue weighted by molar-refractivity contribution is 6.42. The maximum atomic E-state index is 11.1. The van der Waals surface area contributed by atoms with Crippen LogP contribution in [0.2, 0.25) is 10.0 Å². The number of carbonyl (C=O) groups excluding carboxylic acids is 1. The van der Waals surface area contributed by atoms with Crippen molar-refractivity contribution in [2.24, 2.45) is 10.9 Å². The van der Waals surface area contributed by atoms with E-state index >= 15 is 0 Å². The quantitative estimate of drug-likeness (QED) is 0.624. The summed E-state index contributed by atoms with van der Waals surface area (Å²) >= 11 is 11.6. The number of hydrogen-bond acceptors (Lipinski definition) is 3. The van der Waals surface area contributed by atoms with E-state index in [0.717, 1.165) is 5.56 Å². The molecule has 0 aliphatic heterocycles. The molecule has 1 unspecified atom stereocenters. The monoisotopic (exact) mass is 273 g/mol. The summed E-state index contributed by atoms with van der Waals surface area (Å²) in [5.74, 6) is -0.518. The normalized spacial score (nSPS) is 12.7. The molecule has 0 aliphatic rings. The van der Waals surface area contributed by atoms with Gasteiger partial charge in [0.15, 0.2) is 0 Å². The third-order valence-electron chi connectivity index (χ3n) is 2.17. The molecule has 0 aromatic heterocycles. The Hall–Kier alpha value is -1.06. The van der Waals surface area contributed by atoms with Crippen molar-refractivity contribution in [2.45, 2.75) is 6.92 Å². The summed E-state index contributed by atoms with van der Waals surface area (Å²) in [6.07, 6.45) is 1.65. The Morgan fingerprint density at radius 3 is 2.76 bits per heavy atom. The van der Waals surface area contributed by atoms with Gasteiger partial charge in [0.2, 0.25) is 0 Å². The second-order valence-electron chi connectivity index (χ2n) is 3.59. The molecule has 0 heterocycles. The van der Waals surface area contributed by atoms with Crippen LogP contribution in [0.1, 0.15) is 12.5 Å². The van der Waals surface area contributed by atoms with Crippen molar-refractivity contribution in [3.63, 3.8) is 0 Å². The Bertz CT molecular complexity index is 433.